The Kier molecular flexibility index (Phi) is 7.07. The molecule has 6 heteroatoms. The van der Waals surface area contributed by atoms with Crippen molar-refractivity contribution in [2.24, 2.45) is 11.5 Å². The zero-order valence-electron chi connectivity index (χ0n) is 14.3. The SMILES string of the molecule is NC(=O)c1cccc(CCCCCCCc2cccc(C(N)=O)n2)n1. The van der Waals surface area contributed by atoms with Gasteiger partial charge in [0.1, 0.15) is 11.4 Å². The molecule has 0 spiro atoms. The van der Waals surface area contributed by atoms with Gasteiger partial charge < -0.3 is 11.5 Å². The number of carbonyl (C=O) groups excluding carboxylic acids is 2. The van der Waals surface area contributed by atoms with Crippen LogP contribution in [0.4, 0.5) is 0 Å². The zero-order chi connectivity index (χ0) is 18.1. The number of nitrogens with zero attached hydrogens (tertiary/aromatic N) is 2. The summed E-state index contributed by atoms with van der Waals surface area (Å²) in [5, 5.41) is 0. The van der Waals surface area contributed by atoms with Gasteiger partial charge in [-0.1, -0.05) is 31.4 Å². The van der Waals surface area contributed by atoms with Gasteiger partial charge in [0.25, 0.3) is 11.8 Å². The molecule has 0 saturated heterocycles. The van der Waals surface area contributed by atoms with E-state index in [4.69, 9.17) is 11.5 Å². The third kappa shape index (κ3) is 6.33. The number of primary amides is 2. The average Bonchev–Trinajstić information content (AvgIpc) is 2.61. The van der Waals surface area contributed by atoms with Crippen molar-refractivity contribution in [3.05, 3.63) is 59.2 Å². The van der Waals surface area contributed by atoms with Gasteiger partial charge in [-0.2, -0.15) is 0 Å². The Bertz CT molecular complexity index is 669. The number of rotatable bonds is 10. The number of unbranched alkanes of at least 4 members (excludes halogenated alkanes) is 4. The molecule has 4 N–H and O–H groups in total. The number of pyridine rings is 2. The molecular weight excluding hydrogens is 316 g/mol. The maximum atomic E-state index is 11.1. The molecule has 0 aliphatic rings. The molecule has 0 aliphatic heterocycles. The minimum absolute atomic E-state index is 0.322. The molecule has 0 fully saturated rings. The first-order chi connectivity index (χ1) is 12.1. The van der Waals surface area contributed by atoms with Gasteiger partial charge in [-0.3, -0.25) is 9.59 Å². The fourth-order valence-corrected chi connectivity index (χ4v) is 2.65. The van der Waals surface area contributed by atoms with Crippen molar-refractivity contribution >= 4 is 11.8 Å². The molecule has 0 atom stereocenters. The first-order valence-corrected chi connectivity index (χ1v) is 8.58. The highest BCUT2D eigenvalue weighted by Crippen LogP contribution is 2.10. The van der Waals surface area contributed by atoms with E-state index in [1.807, 2.05) is 24.3 Å². The van der Waals surface area contributed by atoms with E-state index in [9.17, 15) is 9.59 Å². The van der Waals surface area contributed by atoms with Crippen LogP contribution in [0.1, 0.15) is 64.5 Å². The molecule has 2 amide bonds. The molecule has 0 radical (unpaired) electrons. The molecule has 0 aromatic carbocycles. The molecule has 25 heavy (non-hydrogen) atoms. The molecule has 2 aromatic rings. The smallest absolute Gasteiger partial charge is 0.267 e. The van der Waals surface area contributed by atoms with Crippen molar-refractivity contribution in [1.29, 1.82) is 0 Å². The van der Waals surface area contributed by atoms with Gasteiger partial charge in [-0.05, 0) is 49.9 Å². The van der Waals surface area contributed by atoms with E-state index in [1.54, 1.807) is 12.1 Å². The fraction of sp³-hybridized carbons (Fsp3) is 0.368. The van der Waals surface area contributed by atoms with Crippen LogP contribution >= 0.6 is 0 Å². The summed E-state index contributed by atoms with van der Waals surface area (Å²) in [7, 11) is 0. The van der Waals surface area contributed by atoms with Crippen LogP contribution in [0.5, 0.6) is 0 Å². The van der Waals surface area contributed by atoms with Crippen LogP contribution in [0.25, 0.3) is 0 Å². The molecule has 6 nitrogen and oxygen atoms in total. The Balaban J connectivity index is 1.62. The first kappa shape index (κ1) is 18.6. The normalized spacial score (nSPS) is 10.6. The third-order valence-electron chi connectivity index (χ3n) is 3.98. The molecule has 0 bridgehead atoms. The average molecular weight is 340 g/mol. The van der Waals surface area contributed by atoms with E-state index >= 15 is 0 Å². The molecule has 2 aromatic heterocycles. The Morgan fingerprint density at radius 3 is 1.48 bits per heavy atom. The largest absolute Gasteiger partial charge is 0.364 e. The topological polar surface area (TPSA) is 112 Å². The van der Waals surface area contributed by atoms with Crippen molar-refractivity contribution in [2.75, 3.05) is 0 Å². The first-order valence-electron chi connectivity index (χ1n) is 8.58. The van der Waals surface area contributed by atoms with Crippen molar-refractivity contribution in [2.45, 2.75) is 44.9 Å². The van der Waals surface area contributed by atoms with E-state index in [0.29, 0.717) is 11.4 Å². The maximum absolute atomic E-state index is 11.1. The fourth-order valence-electron chi connectivity index (χ4n) is 2.65. The number of hydrogen-bond donors (Lipinski definition) is 2. The highest BCUT2D eigenvalue weighted by atomic mass is 16.1. The Morgan fingerprint density at radius 2 is 1.08 bits per heavy atom. The number of hydrogen-bond acceptors (Lipinski definition) is 4. The van der Waals surface area contributed by atoms with E-state index in [0.717, 1.165) is 56.3 Å². The number of aryl methyl sites for hydroxylation is 2. The van der Waals surface area contributed by atoms with Crippen LogP contribution in [0, 0.1) is 0 Å². The van der Waals surface area contributed by atoms with E-state index in [1.165, 1.54) is 0 Å². The van der Waals surface area contributed by atoms with Crippen molar-refractivity contribution in [3.63, 3.8) is 0 Å². The summed E-state index contributed by atoms with van der Waals surface area (Å²) in [6, 6.07) is 10.7. The second-order valence-corrected chi connectivity index (χ2v) is 6.02. The Morgan fingerprint density at radius 1 is 0.680 bits per heavy atom. The summed E-state index contributed by atoms with van der Waals surface area (Å²) in [5.41, 5.74) is 12.9. The van der Waals surface area contributed by atoms with Gasteiger partial charge in [0.2, 0.25) is 0 Å². The molecule has 0 aliphatic carbocycles. The van der Waals surface area contributed by atoms with Gasteiger partial charge in [0.15, 0.2) is 0 Å². The summed E-state index contributed by atoms with van der Waals surface area (Å²) in [6.07, 6.45) is 7.11. The number of aromatic nitrogens is 2. The van der Waals surface area contributed by atoms with Crippen LogP contribution in [0.2, 0.25) is 0 Å². The highest BCUT2D eigenvalue weighted by Gasteiger charge is 2.04. The lowest BCUT2D eigenvalue weighted by atomic mass is 10.1. The van der Waals surface area contributed by atoms with E-state index < -0.39 is 11.8 Å². The molecule has 0 saturated carbocycles. The number of amides is 2. The van der Waals surface area contributed by atoms with E-state index in [-0.39, 0.29) is 0 Å². The van der Waals surface area contributed by atoms with Crippen molar-refractivity contribution in [3.8, 4) is 0 Å². The van der Waals surface area contributed by atoms with Gasteiger partial charge in [0.05, 0.1) is 0 Å². The van der Waals surface area contributed by atoms with Gasteiger partial charge in [-0.15, -0.1) is 0 Å². The lowest BCUT2D eigenvalue weighted by Crippen LogP contribution is -2.13. The monoisotopic (exact) mass is 340 g/mol. The van der Waals surface area contributed by atoms with Gasteiger partial charge in [0, 0.05) is 11.4 Å². The molecule has 132 valence electrons. The number of nitrogens with two attached hydrogens (primary N) is 2. The van der Waals surface area contributed by atoms with Gasteiger partial charge >= 0.3 is 0 Å². The standard InChI is InChI=1S/C19H24N4O2/c20-18(24)16-12-6-10-14(22-16)8-4-2-1-3-5-9-15-11-7-13-17(23-15)19(21)25/h6-7,10-13H,1-5,8-9H2,(H2,20,24)(H2,21,25). The zero-order valence-corrected chi connectivity index (χ0v) is 14.3. The third-order valence-corrected chi connectivity index (χ3v) is 3.98. The predicted octanol–water partition coefficient (Wildman–Crippen LogP) is 2.41. The maximum Gasteiger partial charge on any atom is 0.267 e. The predicted molar refractivity (Wildman–Crippen MR) is 96.0 cm³/mol. The van der Waals surface area contributed by atoms with Crippen LogP contribution in [-0.2, 0) is 12.8 Å². The molecule has 2 heterocycles. The quantitative estimate of drug-likeness (QED) is 0.647. The Labute approximate surface area is 147 Å². The second-order valence-electron chi connectivity index (χ2n) is 6.02. The summed E-state index contributed by atoms with van der Waals surface area (Å²) in [6.45, 7) is 0. The second kappa shape index (κ2) is 9.52. The minimum atomic E-state index is -0.490. The minimum Gasteiger partial charge on any atom is -0.364 e. The van der Waals surface area contributed by atoms with Crippen LogP contribution in [0.15, 0.2) is 36.4 Å². The summed E-state index contributed by atoms with van der Waals surface area (Å²) in [4.78, 5) is 30.7. The summed E-state index contributed by atoms with van der Waals surface area (Å²) in [5.74, 6) is -0.980. The van der Waals surface area contributed by atoms with Crippen LogP contribution in [-0.4, -0.2) is 21.8 Å². The molecule has 0 unspecified atom stereocenters. The molecule has 2 rings (SSSR count). The lowest BCUT2D eigenvalue weighted by Gasteiger charge is -2.04. The molecular formula is C19H24N4O2. The van der Waals surface area contributed by atoms with Crippen molar-refractivity contribution in [1.82, 2.24) is 9.97 Å². The Hall–Kier alpha value is -2.76. The van der Waals surface area contributed by atoms with E-state index in [2.05, 4.69) is 9.97 Å². The van der Waals surface area contributed by atoms with Crippen LogP contribution in [0.3, 0.4) is 0 Å². The summed E-state index contributed by atoms with van der Waals surface area (Å²) < 4.78 is 0. The number of carbonyl (C=O) groups is 2. The summed E-state index contributed by atoms with van der Waals surface area (Å²) >= 11 is 0. The highest BCUT2D eigenvalue weighted by molar-refractivity contribution is 5.91. The lowest BCUT2D eigenvalue weighted by molar-refractivity contribution is 0.0987. The van der Waals surface area contributed by atoms with Gasteiger partial charge in [-0.25, -0.2) is 9.97 Å². The van der Waals surface area contributed by atoms with Crippen LogP contribution < -0.4 is 11.5 Å². The van der Waals surface area contributed by atoms with Crippen molar-refractivity contribution < 1.29 is 9.59 Å².